The highest BCUT2D eigenvalue weighted by Crippen LogP contribution is 2.38. The highest BCUT2D eigenvalue weighted by molar-refractivity contribution is 5.04. The molecule has 0 aromatic carbocycles. The largest absolute Gasteiger partial charge is 0.338 e. The molecule has 1 aromatic heterocycles. The summed E-state index contributed by atoms with van der Waals surface area (Å²) in [6, 6.07) is -0.0741. The van der Waals surface area contributed by atoms with Crippen LogP contribution in [0.2, 0.25) is 0 Å². The van der Waals surface area contributed by atoms with E-state index in [0.29, 0.717) is 11.8 Å². The summed E-state index contributed by atoms with van der Waals surface area (Å²) in [5, 5.41) is 3.94. The van der Waals surface area contributed by atoms with Crippen molar-refractivity contribution in [3.8, 4) is 0 Å². The van der Waals surface area contributed by atoms with Gasteiger partial charge in [0.2, 0.25) is 5.89 Å². The standard InChI is InChI=1S/C10H17N3O/c1-2-3-4-8(11)10-12-9(13-14-10)7-5-6-7/h7-8H,2-6,11H2,1H3/t8-/m0/s1. The first-order valence-electron chi connectivity index (χ1n) is 5.40. The monoisotopic (exact) mass is 195 g/mol. The highest BCUT2D eigenvalue weighted by atomic mass is 16.5. The van der Waals surface area contributed by atoms with Gasteiger partial charge < -0.3 is 10.3 Å². The molecular formula is C10H17N3O. The van der Waals surface area contributed by atoms with Gasteiger partial charge in [0.25, 0.3) is 0 Å². The highest BCUT2D eigenvalue weighted by Gasteiger charge is 2.29. The van der Waals surface area contributed by atoms with E-state index in [9.17, 15) is 0 Å². The molecule has 1 saturated carbocycles. The van der Waals surface area contributed by atoms with Crippen molar-refractivity contribution >= 4 is 0 Å². The van der Waals surface area contributed by atoms with Crippen LogP contribution >= 0.6 is 0 Å². The topological polar surface area (TPSA) is 64.9 Å². The minimum absolute atomic E-state index is 0.0741. The minimum atomic E-state index is -0.0741. The maximum atomic E-state index is 5.92. The minimum Gasteiger partial charge on any atom is -0.338 e. The van der Waals surface area contributed by atoms with E-state index < -0.39 is 0 Å². The summed E-state index contributed by atoms with van der Waals surface area (Å²) < 4.78 is 5.14. The SMILES string of the molecule is CCCC[C@H](N)c1nc(C2CC2)no1. The van der Waals surface area contributed by atoms with Crippen LogP contribution in [0, 0.1) is 0 Å². The molecule has 0 amide bonds. The quantitative estimate of drug-likeness (QED) is 0.781. The first-order valence-corrected chi connectivity index (χ1v) is 5.40. The van der Waals surface area contributed by atoms with Crippen LogP contribution in [-0.2, 0) is 0 Å². The second-order valence-electron chi connectivity index (χ2n) is 4.01. The molecule has 78 valence electrons. The Bertz CT molecular complexity index is 293. The third-order valence-electron chi connectivity index (χ3n) is 2.59. The molecule has 1 fully saturated rings. The number of unbranched alkanes of at least 4 members (excludes halogenated alkanes) is 1. The zero-order valence-electron chi connectivity index (χ0n) is 8.57. The van der Waals surface area contributed by atoms with Crippen LogP contribution < -0.4 is 5.73 Å². The zero-order chi connectivity index (χ0) is 9.97. The van der Waals surface area contributed by atoms with E-state index in [1.807, 2.05) is 0 Å². The van der Waals surface area contributed by atoms with Gasteiger partial charge in [-0.1, -0.05) is 24.9 Å². The lowest BCUT2D eigenvalue weighted by molar-refractivity contribution is 0.342. The summed E-state index contributed by atoms with van der Waals surface area (Å²) >= 11 is 0. The summed E-state index contributed by atoms with van der Waals surface area (Å²) in [5.41, 5.74) is 5.92. The smallest absolute Gasteiger partial charge is 0.243 e. The fourth-order valence-electron chi connectivity index (χ4n) is 1.45. The maximum absolute atomic E-state index is 5.92. The van der Waals surface area contributed by atoms with E-state index in [1.54, 1.807) is 0 Å². The van der Waals surface area contributed by atoms with Crippen LogP contribution in [-0.4, -0.2) is 10.1 Å². The Kier molecular flexibility index (Phi) is 2.82. The van der Waals surface area contributed by atoms with Crippen molar-refractivity contribution < 1.29 is 4.52 Å². The first-order chi connectivity index (χ1) is 6.81. The third-order valence-corrected chi connectivity index (χ3v) is 2.59. The van der Waals surface area contributed by atoms with E-state index >= 15 is 0 Å². The second-order valence-corrected chi connectivity index (χ2v) is 4.01. The zero-order valence-corrected chi connectivity index (χ0v) is 8.57. The van der Waals surface area contributed by atoms with Crippen molar-refractivity contribution in [1.29, 1.82) is 0 Å². The number of nitrogens with two attached hydrogens (primary N) is 1. The molecule has 0 radical (unpaired) electrons. The van der Waals surface area contributed by atoms with E-state index in [2.05, 4.69) is 17.1 Å². The van der Waals surface area contributed by atoms with Crippen LogP contribution in [0.3, 0.4) is 0 Å². The molecule has 1 heterocycles. The molecule has 1 atom stereocenters. The molecule has 0 unspecified atom stereocenters. The molecule has 2 rings (SSSR count). The van der Waals surface area contributed by atoms with Crippen LogP contribution in [0.5, 0.6) is 0 Å². The van der Waals surface area contributed by atoms with Crippen LogP contribution in [0.1, 0.15) is 62.7 Å². The fourth-order valence-corrected chi connectivity index (χ4v) is 1.45. The normalized spacial score (nSPS) is 18.4. The van der Waals surface area contributed by atoms with Gasteiger partial charge in [0, 0.05) is 5.92 Å². The van der Waals surface area contributed by atoms with Gasteiger partial charge in [-0.2, -0.15) is 4.98 Å². The third kappa shape index (κ3) is 2.12. The maximum Gasteiger partial charge on any atom is 0.243 e. The predicted octanol–water partition coefficient (Wildman–Crippen LogP) is 2.14. The summed E-state index contributed by atoms with van der Waals surface area (Å²) in [6.07, 6.45) is 5.59. The lowest BCUT2D eigenvalue weighted by Crippen LogP contribution is -2.10. The van der Waals surface area contributed by atoms with E-state index in [-0.39, 0.29) is 6.04 Å². The van der Waals surface area contributed by atoms with Crippen LogP contribution in [0.4, 0.5) is 0 Å². The van der Waals surface area contributed by atoms with Gasteiger partial charge in [0.1, 0.15) is 0 Å². The average Bonchev–Trinajstić information content (AvgIpc) is 2.93. The number of hydrogen-bond donors (Lipinski definition) is 1. The Balaban J connectivity index is 1.93. The van der Waals surface area contributed by atoms with Crippen LogP contribution in [0.15, 0.2) is 4.52 Å². The van der Waals surface area contributed by atoms with Crippen molar-refractivity contribution in [2.24, 2.45) is 5.73 Å². The van der Waals surface area contributed by atoms with E-state index in [4.69, 9.17) is 10.3 Å². The lowest BCUT2D eigenvalue weighted by Gasteiger charge is -2.03. The summed E-state index contributed by atoms with van der Waals surface area (Å²) in [7, 11) is 0. The molecule has 0 bridgehead atoms. The molecule has 4 nitrogen and oxygen atoms in total. The molecule has 0 spiro atoms. The molecular weight excluding hydrogens is 178 g/mol. The molecule has 14 heavy (non-hydrogen) atoms. The average molecular weight is 195 g/mol. The fraction of sp³-hybridized carbons (Fsp3) is 0.800. The van der Waals surface area contributed by atoms with Crippen LogP contribution in [0.25, 0.3) is 0 Å². The second kappa shape index (κ2) is 4.09. The van der Waals surface area contributed by atoms with E-state index in [0.717, 1.165) is 25.1 Å². The van der Waals surface area contributed by atoms with Crippen molar-refractivity contribution in [1.82, 2.24) is 10.1 Å². The number of rotatable bonds is 5. The van der Waals surface area contributed by atoms with Gasteiger partial charge in [-0.25, -0.2) is 0 Å². The van der Waals surface area contributed by atoms with Gasteiger partial charge in [0.05, 0.1) is 6.04 Å². The number of hydrogen-bond acceptors (Lipinski definition) is 4. The van der Waals surface area contributed by atoms with Gasteiger partial charge >= 0.3 is 0 Å². The molecule has 1 aliphatic rings. The molecule has 0 aliphatic heterocycles. The summed E-state index contributed by atoms with van der Waals surface area (Å²) in [6.45, 7) is 2.15. The van der Waals surface area contributed by atoms with Crippen molar-refractivity contribution in [2.45, 2.75) is 51.0 Å². The summed E-state index contributed by atoms with van der Waals surface area (Å²) in [5.74, 6) is 2.01. The van der Waals surface area contributed by atoms with Crippen molar-refractivity contribution in [3.05, 3.63) is 11.7 Å². The van der Waals surface area contributed by atoms with E-state index in [1.165, 1.54) is 12.8 Å². The Labute approximate surface area is 83.9 Å². The Morgan fingerprint density at radius 1 is 1.57 bits per heavy atom. The Morgan fingerprint density at radius 2 is 2.36 bits per heavy atom. The Hall–Kier alpha value is -0.900. The van der Waals surface area contributed by atoms with Gasteiger partial charge in [-0.3, -0.25) is 0 Å². The molecule has 2 N–H and O–H groups in total. The number of nitrogens with zero attached hydrogens (tertiary/aromatic N) is 2. The Morgan fingerprint density at radius 3 is 3.00 bits per heavy atom. The predicted molar refractivity (Wildman–Crippen MR) is 52.7 cm³/mol. The lowest BCUT2D eigenvalue weighted by atomic mass is 10.1. The van der Waals surface area contributed by atoms with Gasteiger partial charge in [-0.05, 0) is 19.3 Å². The molecule has 1 aromatic rings. The van der Waals surface area contributed by atoms with Crippen molar-refractivity contribution in [2.75, 3.05) is 0 Å². The number of aromatic nitrogens is 2. The molecule has 4 heteroatoms. The van der Waals surface area contributed by atoms with Crippen molar-refractivity contribution in [3.63, 3.8) is 0 Å². The first kappa shape index (κ1) is 9.65. The molecule has 1 aliphatic carbocycles. The van der Waals surface area contributed by atoms with Gasteiger partial charge in [-0.15, -0.1) is 0 Å². The van der Waals surface area contributed by atoms with Gasteiger partial charge in [0.15, 0.2) is 5.82 Å². The molecule has 0 saturated heterocycles. The summed E-state index contributed by atoms with van der Waals surface area (Å²) in [4.78, 5) is 4.32.